The van der Waals surface area contributed by atoms with Crippen LogP contribution in [0.4, 0.5) is 11.4 Å². The molecular formula is C21H14ClN3O6. The van der Waals surface area contributed by atoms with E-state index in [0.29, 0.717) is 22.0 Å². The van der Waals surface area contributed by atoms with Crippen molar-refractivity contribution >= 4 is 40.5 Å². The highest BCUT2D eigenvalue weighted by molar-refractivity contribution is 6.31. The topological polar surface area (TPSA) is 111 Å². The van der Waals surface area contributed by atoms with E-state index >= 15 is 0 Å². The lowest BCUT2D eigenvalue weighted by Crippen LogP contribution is -2.45. The highest BCUT2D eigenvalue weighted by atomic mass is 35.5. The number of nitro benzene ring substituents is 1. The van der Waals surface area contributed by atoms with Crippen molar-refractivity contribution in [1.82, 2.24) is 0 Å². The lowest BCUT2D eigenvalue weighted by atomic mass is 9.71. The Labute approximate surface area is 180 Å². The zero-order chi connectivity index (χ0) is 21.4. The monoisotopic (exact) mass is 439 g/mol. The highest BCUT2D eigenvalue weighted by Crippen LogP contribution is 2.55. The number of hydrogen-bond acceptors (Lipinski definition) is 7. The number of rotatable bonds is 3. The van der Waals surface area contributed by atoms with Crippen LogP contribution < -0.4 is 4.90 Å². The van der Waals surface area contributed by atoms with Crippen molar-refractivity contribution in [3.63, 3.8) is 0 Å². The number of carbonyl (C=O) groups is 2. The Morgan fingerprint density at radius 2 is 1.68 bits per heavy atom. The van der Waals surface area contributed by atoms with Gasteiger partial charge in [-0.25, -0.2) is 4.90 Å². The number of ether oxygens (including phenoxy) is 1. The number of fused-ring (bicyclic) bond motifs is 8. The van der Waals surface area contributed by atoms with E-state index in [1.165, 1.54) is 17.0 Å². The molecule has 31 heavy (non-hydrogen) atoms. The van der Waals surface area contributed by atoms with Crippen LogP contribution in [-0.2, 0) is 19.2 Å². The van der Waals surface area contributed by atoms with Gasteiger partial charge in [-0.3, -0.25) is 19.7 Å². The first-order valence-electron chi connectivity index (χ1n) is 9.73. The summed E-state index contributed by atoms with van der Waals surface area (Å²) in [4.78, 5) is 43.9. The molecule has 4 aliphatic heterocycles. The van der Waals surface area contributed by atoms with Gasteiger partial charge in [-0.2, -0.15) is 0 Å². The molecule has 0 N–H and O–H groups in total. The maximum absolute atomic E-state index is 13.3. The summed E-state index contributed by atoms with van der Waals surface area (Å²) in [6.45, 7) is 0. The minimum Gasteiger partial charge on any atom is -0.389 e. The molecule has 10 heteroatoms. The van der Waals surface area contributed by atoms with Gasteiger partial charge in [0, 0.05) is 22.7 Å². The Hall–Kier alpha value is -3.30. The second kappa shape index (κ2) is 6.35. The number of amides is 2. The first-order chi connectivity index (χ1) is 15.0. The zero-order valence-corrected chi connectivity index (χ0v) is 16.5. The molecule has 3 fully saturated rings. The predicted octanol–water partition coefficient (Wildman–Crippen LogP) is 2.55. The molecule has 0 radical (unpaired) electrons. The van der Waals surface area contributed by atoms with E-state index in [2.05, 4.69) is 5.16 Å². The summed E-state index contributed by atoms with van der Waals surface area (Å²) in [6, 6.07) is 12.6. The zero-order valence-electron chi connectivity index (χ0n) is 15.8. The Bertz CT molecular complexity index is 1180. The molecule has 156 valence electrons. The molecule has 2 aromatic rings. The van der Waals surface area contributed by atoms with Crippen molar-refractivity contribution in [2.45, 2.75) is 18.3 Å². The number of benzene rings is 2. The first-order valence-corrected chi connectivity index (χ1v) is 10.1. The van der Waals surface area contributed by atoms with Gasteiger partial charge in [-0.15, -0.1) is 0 Å². The van der Waals surface area contributed by atoms with Gasteiger partial charge in [0.1, 0.15) is 6.10 Å². The van der Waals surface area contributed by atoms with Crippen LogP contribution in [0.3, 0.4) is 0 Å². The molecule has 2 amide bonds. The van der Waals surface area contributed by atoms with Crippen molar-refractivity contribution in [3.8, 4) is 0 Å². The van der Waals surface area contributed by atoms with Crippen molar-refractivity contribution in [3.05, 3.63) is 69.2 Å². The standard InChI is InChI=1S/C21H14ClN3O6/c22-10-4-6-11(7-5-10)24-20(26)13-14(21(24)27)18-19-15(17(13)30-18)16(23-31-19)9-2-1-3-12(8-9)25(28)29/h1-8,13-15,17-19H/t13-,14-,15+,17-,18-,19+/m0/s1. The van der Waals surface area contributed by atoms with E-state index < -0.39 is 35.1 Å². The lowest BCUT2D eigenvalue weighted by Gasteiger charge is -2.26. The van der Waals surface area contributed by atoms with Crippen LogP contribution in [0.2, 0.25) is 5.02 Å². The van der Waals surface area contributed by atoms with E-state index in [0.717, 1.165) is 0 Å². The van der Waals surface area contributed by atoms with Gasteiger partial charge in [-0.1, -0.05) is 28.9 Å². The van der Waals surface area contributed by atoms with Gasteiger partial charge < -0.3 is 9.57 Å². The molecule has 2 bridgehead atoms. The minimum atomic E-state index is -0.653. The second-order valence-corrected chi connectivity index (χ2v) is 8.42. The SMILES string of the molecule is O=C1[C@@H]2[C@@H]3O[C@H]([C@H]4C(c5cccc([N+](=O)[O-])c5)=NO[C@@H]34)[C@H]2C(=O)N1c1ccc(Cl)cc1. The number of nitro groups is 1. The molecule has 6 atom stereocenters. The van der Waals surface area contributed by atoms with Crippen molar-refractivity contribution in [2.24, 2.45) is 22.9 Å². The Balaban J connectivity index is 1.34. The van der Waals surface area contributed by atoms with Gasteiger partial charge in [0.2, 0.25) is 11.8 Å². The van der Waals surface area contributed by atoms with Crippen LogP contribution in [0.25, 0.3) is 0 Å². The minimum absolute atomic E-state index is 0.0633. The summed E-state index contributed by atoms with van der Waals surface area (Å²) in [7, 11) is 0. The van der Waals surface area contributed by atoms with E-state index in [4.69, 9.17) is 21.2 Å². The summed E-state index contributed by atoms with van der Waals surface area (Å²) in [5.74, 6) is -2.33. The molecular weight excluding hydrogens is 426 g/mol. The average Bonchev–Trinajstić information content (AvgIpc) is 3.49. The van der Waals surface area contributed by atoms with Gasteiger partial charge in [-0.05, 0) is 24.3 Å². The van der Waals surface area contributed by atoms with E-state index in [-0.39, 0.29) is 23.4 Å². The third-order valence-electron chi connectivity index (χ3n) is 6.48. The van der Waals surface area contributed by atoms with Crippen molar-refractivity contribution in [1.29, 1.82) is 0 Å². The van der Waals surface area contributed by atoms with Crippen LogP contribution in [0.1, 0.15) is 5.56 Å². The second-order valence-electron chi connectivity index (χ2n) is 7.98. The molecule has 4 heterocycles. The summed E-state index contributed by atoms with van der Waals surface area (Å²) < 4.78 is 6.05. The van der Waals surface area contributed by atoms with E-state index in [1.54, 1.807) is 36.4 Å². The number of nitrogens with zero attached hydrogens (tertiary/aromatic N) is 3. The number of non-ortho nitro benzene ring substituents is 1. The maximum atomic E-state index is 13.3. The van der Waals surface area contributed by atoms with Gasteiger partial charge in [0.05, 0.1) is 40.2 Å². The normalized spacial score (nSPS) is 32.7. The maximum Gasteiger partial charge on any atom is 0.270 e. The quantitative estimate of drug-likeness (QED) is 0.413. The van der Waals surface area contributed by atoms with Crippen molar-refractivity contribution < 1.29 is 24.1 Å². The smallest absolute Gasteiger partial charge is 0.270 e. The largest absolute Gasteiger partial charge is 0.389 e. The van der Waals surface area contributed by atoms with Crippen LogP contribution in [0, 0.1) is 27.9 Å². The summed E-state index contributed by atoms with van der Waals surface area (Å²) in [6.07, 6.45) is -1.70. The predicted molar refractivity (Wildman–Crippen MR) is 108 cm³/mol. The fraction of sp³-hybridized carbons (Fsp3) is 0.286. The molecule has 0 aromatic heterocycles. The Morgan fingerprint density at radius 3 is 2.39 bits per heavy atom. The first kappa shape index (κ1) is 18.5. The van der Waals surface area contributed by atoms with Crippen LogP contribution in [0.15, 0.2) is 53.7 Å². The van der Waals surface area contributed by atoms with Gasteiger partial charge in [0.15, 0.2) is 6.10 Å². The fourth-order valence-electron chi connectivity index (χ4n) is 5.22. The molecule has 4 aliphatic rings. The van der Waals surface area contributed by atoms with E-state index in [1.807, 2.05) is 0 Å². The molecule has 0 aliphatic carbocycles. The molecule has 3 saturated heterocycles. The molecule has 2 aromatic carbocycles. The summed E-state index contributed by atoms with van der Waals surface area (Å²) in [5, 5.41) is 15.8. The molecule has 0 saturated carbocycles. The molecule has 0 unspecified atom stereocenters. The number of hydrogen-bond donors (Lipinski definition) is 0. The van der Waals surface area contributed by atoms with Crippen LogP contribution >= 0.6 is 11.6 Å². The van der Waals surface area contributed by atoms with Gasteiger partial charge >= 0.3 is 0 Å². The molecule has 6 rings (SSSR count). The van der Waals surface area contributed by atoms with E-state index in [9.17, 15) is 19.7 Å². The summed E-state index contributed by atoms with van der Waals surface area (Å²) >= 11 is 5.93. The molecule has 9 nitrogen and oxygen atoms in total. The number of oxime groups is 1. The third kappa shape index (κ3) is 2.44. The van der Waals surface area contributed by atoms with Gasteiger partial charge in [0.25, 0.3) is 5.69 Å². The highest BCUT2D eigenvalue weighted by Gasteiger charge is 2.72. The summed E-state index contributed by atoms with van der Waals surface area (Å²) in [5.41, 5.74) is 1.45. The average molecular weight is 440 g/mol. The number of carbonyl (C=O) groups excluding carboxylic acids is 2. The number of halogens is 1. The number of imide groups is 1. The van der Waals surface area contributed by atoms with Crippen LogP contribution in [-0.4, -0.2) is 40.8 Å². The Kier molecular flexibility index (Phi) is 3.78. The third-order valence-corrected chi connectivity index (χ3v) is 6.73. The molecule has 0 spiro atoms. The van der Waals surface area contributed by atoms with Crippen LogP contribution in [0.5, 0.6) is 0 Å². The Morgan fingerprint density at radius 1 is 0.968 bits per heavy atom. The van der Waals surface area contributed by atoms with Crippen molar-refractivity contribution in [2.75, 3.05) is 4.90 Å². The number of anilines is 1. The lowest BCUT2D eigenvalue weighted by molar-refractivity contribution is -0.384. The fourth-order valence-corrected chi connectivity index (χ4v) is 5.35.